The van der Waals surface area contributed by atoms with Crippen LogP contribution in [0.5, 0.6) is 0 Å². The predicted molar refractivity (Wildman–Crippen MR) is 57.6 cm³/mol. The third-order valence-corrected chi connectivity index (χ3v) is 2.37. The third-order valence-electron chi connectivity index (χ3n) is 2.37. The third kappa shape index (κ3) is 4.51. The Balaban J connectivity index is 2.90. The van der Waals surface area contributed by atoms with Gasteiger partial charge in [0, 0.05) is 13.5 Å². The lowest BCUT2D eigenvalue weighted by Gasteiger charge is -2.09. The summed E-state index contributed by atoms with van der Waals surface area (Å²) in [5.41, 5.74) is 0.194. The van der Waals surface area contributed by atoms with Crippen LogP contribution in [0.3, 0.4) is 0 Å². The standard InChI is InChI=1S/C10H14F3N3O3/c1-18-6-3-7-8(9(17)19-2)14-15-16(7)5-4-10(11,12)13/h3-6H2,1-2H3. The summed E-state index contributed by atoms with van der Waals surface area (Å²) in [6.45, 7) is -0.157. The van der Waals surface area contributed by atoms with Crippen molar-refractivity contribution in [2.75, 3.05) is 20.8 Å². The fraction of sp³-hybridized carbons (Fsp3) is 0.700. The molecule has 1 heterocycles. The van der Waals surface area contributed by atoms with Gasteiger partial charge in [0.15, 0.2) is 5.69 Å². The summed E-state index contributed by atoms with van der Waals surface area (Å²) in [4.78, 5) is 11.4. The lowest BCUT2D eigenvalue weighted by atomic mass is 10.2. The number of methoxy groups -OCH3 is 2. The Labute approximate surface area is 107 Å². The molecule has 0 aliphatic rings. The lowest BCUT2D eigenvalue weighted by Crippen LogP contribution is -2.16. The van der Waals surface area contributed by atoms with Crippen molar-refractivity contribution >= 4 is 5.97 Å². The quantitative estimate of drug-likeness (QED) is 0.733. The molecule has 0 N–H and O–H groups in total. The summed E-state index contributed by atoms with van der Waals surface area (Å²) in [6.07, 6.45) is -5.11. The van der Waals surface area contributed by atoms with Gasteiger partial charge in [0.1, 0.15) is 0 Å². The maximum Gasteiger partial charge on any atom is 0.390 e. The summed E-state index contributed by atoms with van der Waals surface area (Å²) >= 11 is 0. The summed E-state index contributed by atoms with van der Waals surface area (Å²) in [6, 6.07) is 0. The van der Waals surface area contributed by atoms with E-state index in [4.69, 9.17) is 4.74 Å². The Bertz CT molecular complexity index is 431. The zero-order valence-electron chi connectivity index (χ0n) is 10.5. The number of esters is 1. The molecular weight excluding hydrogens is 267 g/mol. The number of rotatable bonds is 6. The highest BCUT2D eigenvalue weighted by molar-refractivity contribution is 5.88. The second-order valence-corrected chi connectivity index (χ2v) is 3.71. The van der Waals surface area contributed by atoms with Gasteiger partial charge in [-0.1, -0.05) is 5.21 Å². The van der Waals surface area contributed by atoms with Gasteiger partial charge in [0.05, 0.1) is 32.4 Å². The average Bonchev–Trinajstić information content (AvgIpc) is 2.75. The Morgan fingerprint density at radius 2 is 2.05 bits per heavy atom. The molecule has 0 aromatic carbocycles. The fourth-order valence-corrected chi connectivity index (χ4v) is 1.45. The molecule has 0 fully saturated rings. The van der Waals surface area contributed by atoms with Crippen molar-refractivity contribution in [3.05, 3.63) is 11.4 Å². The van der Waals surface area contributed by atoms with Crippen molar-refractivity contribution in [3.63, 3.8) is 0 Å². The molecular formula is C10H14F3N3O3. The molecule has 0 spiro atoms. The van der Waals surface area contributed by atoms with E-state index in [0.717, 1.165) is 11.8 Å². The number of carbonyl (C=O) groups excluding carboxylic acids is 1. The van der Waals surface area contributed by atoms with Crippen LogP contribution in [0.1, 0.15) is 22.6 Å². The molecule has 0 bridgehead atoms. The highest BCUT2D eigenvalue weighted by atomic mass is 19.4. The van der Waals surface area contributed by atoms with Gasteiger partial charge in [-0.2, -0.15) is 13.2 Å². The van der Waals surface area contributed by atoms with Crippen molar-refractivity contribution in [1.82, 2.24) is 15.0 Å². The number of carbonyl (C=O) groups is 1. The average molecular weight is 281 g/mol. The molecule has 0 aliphatic heterocycles. The molecule has 108 valence electrons. The highest BCUT2D eigenvalue weighted by Crippen LogP contribution is 2.21. The van der Waals surface area contributed by atoms with Gasteiger partial charge >= 0.3 is 12.1 Å². The summed E-state index contributed by atoms with van der Waals surface area (Å²) in [7, 11) is 2.61. The summed E-state index contributed by atoms with van der Waals surface area (Å²) < 4.78 is 46.9. The van der Waals surface area contributed by atoms with Crippen LogP contribution in [0.15, 0.2) is 0 Å². The van der Waals surface area contributed by atoms with Crippen molar-refractivity contribution in [1.29, 1.82) is 0 Å². The molecule has 19 heavy (non-hydrogen) atoms. The smallest absolute Gasteiger partial charge is 0.390 e. The lowest BCUT2D eigenvalue weighted by molar-refractivity contribution is -0.137. The van der Waals surface area contributed by atoms with Gasteiger partial charge in [-0.25, -0.2) is 9.48 Å². The van der Waals surface area contributed by atoms with Crippen LogP contribution in [0.25, 0.3) is 0 Å². The second-order valence-electron chi connectivity index (χ2n) is 3.71. The maximum atomic E-state index is 12.2. The van der Waals surface area contributed by atoms with E-state index in [2.05, 4.69) is 15.0 Å². The Hall–Kier alpha value is -1.64. The van der Waals surface area contributed by atoms with E-state index in [1.807, 2.05) is 0 Å². The van der Waals surface area contributed by atoms with Crippen molar-refractivity contribution < 1.29 is 27.4 Å². The van der Waals surface area contributed by atoms with E-state index >= 15 is 0 Å². The van der Waals surface area contributed by atoms with E-state index in [0.29, 0.717) is 0 Å². The van der Waals surface area contributed by atoms with Crippen LogP contribution in [-0.2, 0) is 22.4 Å². The van der Waals surface area contributed by atoms with Gasteiger partial charge in [0.2, 0.25) is 0 Å². The Morgan fingerprint density at radius 3 is 2.58 bits per heavy atom. The van der Waals surface area contributed by atoms with E-state index < -0.39 is 25.1 Å². The number of ether oxygens (including phenoxy) is 2. The SMILES string of the molecule is COCCc1c(C(=O)OC)nnn1CCC(F)(F)F. The molecule has 0 atom stereocenters. The first kappa shape index (κ1) is 15.4. The van der Waals surface area contributed by atoms with Crippen LogP contribution >= 0.6 is 0 Å². The number of aryl methyl sites for hydroxylation is 1. The monoisotopic (exact) mass is 281 g/mol. The van der Waals surface area contributed by atoms with Gasteiger partial charge in [-0.05, 0) is 0 Å². The predicted octanol–water partition coefficient (Wildman–Crippen LogP) is 1.21. The molecule has 1 aromatic heterocycles. The van der Waals surface area contributed by atoms with Crippen molar-refractivity contribution in [2.24, 2.45) is 0 Å². The highest BCUT2D eigenvalue weighted by Gasteiger charge is 2.28. The zero-order chi connectivity index (χ0) is 14.5. The Kier molecular flexibility index (Phi) is 5.28. The molecule has 1 rings (SSSR count). The van der Waals surface area contributed by atoms with E-state index in [1.165, 1.54) is 7.11 Å². The van der Waals surface area contributed by atoms with Crippen LogP contribution in [0.4, 0.5) is 13.2 Å². The number of hydrogen-bond acceptors (Lipinski definition) is 5. The number of halogens is 3. The first-order chi connectivity index (χ1) is 8.89. The molecule has 0 amide bonds. The Morgan fingerprint density at radius 1 is 1.37 bits per heavy atom. The topological polar surface area (TPSA) is 66.2 Å². The van der Waals surface area contributed by atoms with Crippen molar-refractivity contribution in [3.8, 4) is 0 Å². The minimum absolute atomic E-state index is 0.0817. The van der Waals surface area contributed by atoms with E-state index in [-0.39, 0.29) is 24.4 Å². The normalized spacial score (nSPS) is 11.6. The molecule has 0 unspecified atom stereocenters. The number of alkyl halides is 3. The molecule has 1 aromatic rings. The van der Waals surface area contributed by atoms with Gasteiger partial charge in [0.25, 0.3) is 0 Å². The molecule has 9 heteroatoms. The molecule has 0 aliphatic carbocycles. The van der Waals surface area contributed by atoms with Crippen LogP contribution < -0.4 is 0 Å². The van der Waals surface area contributed by atoms with Crippen LogP contribution in [0.2, 0.25) is 0 Å². The summed E-state index contributed by atoms with van der Waals surface area (Å²) in [5, 5.41) is 7.11. The molecule has 0 saturated heterocycles. The van der Waals surface area contributed by atoms with E-state index in [9.17, 15) is 18.0 Å². The first-order valence-corrected chi connectivity index (χ1v) is 5.45. The minimum atomic E-state index is -4.30. The van der Waals surface area contributed by atoms with Gasteiger partial charge in [-0.15, -0.1) is 5.10 Å². The number of hydrogen-bond donors (Lipinski definition) is 0. The van der Waals surface area contributed by atoms with Crippen LogP contribution in [-0.4, -0.2) is 48.0 Å². The van der Waals surface area contributed by atoms with Crippen LogP contribution in [0, 0.1) is 0 Å². The largest absolute Gasteiger partial charge is 0.464 e. The number of aromatic nitrogens is 3. The minimum Gasteiger partial charge on any atom is -0.464 e. The fourth-order valence-electron chi connectivity index (χ4n) is 1.45. The molecule has 6 nitrogen and oxygen atoms in total. The maximum absolute atomic E-state index is 12.2. The second kappa shape index (κ2) is 6.50. The van der Waals surface area contributed by atoms with Gasteiger partial charge < -0.3 is 9.47 Å². The first-order valence-electron chi connectivity index (χ1n) is 5.45. The zero-order valence-corrected chi connectivity index (χ0v) is 10.5. The van der Waals surface area contributed by atoms with Crippen molar-refractivity contribution in [2.45, 2.75) is 25.6 Å². The van der Waals surface area contributed by atoms with E-state index in [1.54, 1.807) is 0 Å². The molecule has 0 radical (unpaired) electrons. The summed E-state index contributed by atoms with van der Waals surface area (Å²) in [5.74, 6) is -0.732. The van der Waals surface area contributed by atoms with Gasteiger partial charge in [-0.3, -0.25) is 0 Å². The molecule has 0 saturated carbocycles. The number of nitrogens with zero attached hydrogens (tertiary/aromatic N) is 3.